The highest BCUT2D eigenvalue weighted by molar-refractivity contribution is 7.90. The summed E-state index contributed by atoms with van der Waals surface area (Å²) in [6, 6.07) is 9.26. The molecule has 24 heavy (non-hydrogen) atoms. The predicted molar refractivity (Wildman–Crippen MR) is 86.6 cm³/mol. The van der Waals surface area contributed by atoms with E-state index in [2.05, 4.69) is 0 Å². The van der Waals surface area contributed by atoms with Gasteiger partial charge in [0.05, 0.1) is 12.0 Å². The van der Waals surface area contributed by atoms with Gasteiger partial charge in [-0.3, -0.25) is 9.59 Å². The number of nitrogens with zero attached hydrogens (tertiary/aromatic N) is 1. The molecule has 0 bridgehead atoms. The Morgan fingerprint density at radius 1 is 1.21 bits per heavy atom. The van der Waals surface area contributed by atoms with Crippen LogP contribution in [0.2, 0.25) is 0 Å². The maximum absolute atomic E-state index is 13.2. The van der Waals surface area contributed by atoms with E-state index in [0.717, 1.165) is 6.26 Å². The van der Waals surface area contributed by atoms with Crippen molar-refractivity contribution in [3.05, 3.63) is 53.9 Å². The number of ether oxygens (including phenoxy) is 1. The number of esters is 1. The molecule has 1 aromatic carbocycles. The average Bonchev–Trinajstić information content (AvgIpc) is 3.15. The Morgan fingerprint density at radius 2 is 1.96 bits per heavy atom. The molecule has 0 spiro atoms. The summed E-state index contributed by atoms with van der Waals surface area (Å²) in [5, 5.41) is 0. The van der Waals surface area contributed by atoms with Gasteiger partial charge in [0.1, 0.15) is 0 Å². The summed E-state index contributed by atoms with van der Waals surface area (Å²) in [5.41, 5.74) is -0.684. The smallest absolute Gasteiger partial charge is 0.325 e. The molecular formula is C17H17NO5S. The Balaban J connectivity index is 2.15. The van der Waals surface area contributed by atoms with Crippen LogP contribution in [0.3, 0.4) is 0 Å². The Morgan fingerprint density at radius 3 is 2.62 bits per heavy atom. The molecule has 6 nitrogen and oxygen atoms in total. The zero-order valence-electron chi connectivity index (χ0n) is 13.4. The Bertz CT molecular complexity index is 928. The van der Waals surface area contributed by atoms with Crippen LogP contribution in [-0.4, -0.2) is 38.1 Å². The third kappa shape index (κ3) is 2.36. The maximum Gasteiger partial charge on any atom is 0.325 e. The number of hydrogen-bond donors (Lipinski definition) is 0. The number of aromatic nitrogens is 1. The first-order chi connectivity index (χ1) is 11.3. The lowest BCUT2D eigenvalue weighted by atomic mass is 9.76. The maximum atomic E-state index is 13.2. The first kappa shape index (κ1) is 16.4. The first-order valence-corrected chi connectivity index (χ1v) is 9.29. The van der Waals surface area contributed by atoms with Crippen molar-refractivity contribution < 1.29 is 22.7 Å². The van der Waals surface area contributed by atoms with E-state index >= 15 is 0 Å². The molecule has 0 radical (unpaired) electrons. The predicted octanol–water partition coefficient (Wildman–Crippen LogP) is 1.59. The molecule has 3 rings (SSSR count). The van der Waals surface area contributed by atoms with Gasteiger partial charge in [0.2, 0.25) is 0 Å². The molecule has 0 fully saturated rings. The van der Waals surface area contributed by atoms with Gasteiger partial charge in [-0.2, -0.15) is 0 Å². The van der Waals surface area contributed by atoms with Crippen molar-refractivity contribution in [2.45, 2.75) is 23.3 Å². The monoisotopic (exact) mass is 347 g/mol. The molecule has 0 aliphatic carbocycles. The second kappa shape index (κ2) is 5.59. The number of ketones is 1. The molecule has 1 aliphatic rings. The van der Waals surface area contributed by atoms with Gasteiger partial charge in [-0.1, -0.05) is 12.1 Å². The number of fused-ring (bicyclic) bond motifs is 1. The molecule has 7 heteroatoms. The largest absolute Gasteiger partial charge is 0.468 e. The van der Waals surface area contributed by atoms with Gasteiger partial charge in [-0.15, -0.1) is 0 Å². The van der Waals surface area contributed by atoms with Crippen molar-refractivity contribution in [2.75, 3.05) is 13.4 Å². The molecule has 1 atom stereocenters. The van der Waals surface area contributed by atoms with Crippen LogP contribution in [0, 0.1) is 0 Å². The Kier molecular flexibility index (Phi) is 3.83. The molecule has 2 aromatic rings. The van der Waals surface area contributed by atoms with Crippen molar-refractivity contribution in [2.24, 2.45) is 0 Å². The van der Waals surface area contributed by atoms with Crippen molar-refractivity contribution in [3.8, 4) is 0 Å². The summed E-state index contributed by atoms with van der Waals surface area (Å²) in [7, 11) is -2.21. The van der Waals surface area contributed by atoms with E-state index in [1.807, 2.05) is 4.57 Å². The van der Waals surface area contributed by atoms with Crippen LogP contribution in [0.15, 0.2) is 47.5 Å². The van der Waals surface area contributed by atoms with E-state index in [1.165, 1.54) is 31.4 Å². The number of carbonyl (C=O) groups is 2. The third-order valence-electron chi connectivity index (χ3n) is 4.44. The molecule has 0 amide bonds. The van der Waals surface area contributed by atoms with Crippen LogP contribution in [0.4, 0.5) is 0 Å². The van der Waals surface area contributed by atoms with E-state index in [0.29, 0.717) is 12.2 Å². The molecule has 0 saturated carbocycles. The number of hydrogen-bond acceptors (Lipinski definition) is 5. The van der Waals surface area contributed by atoms with Gasteiger partial charge in [0.15, 0.2) is 21.0 Å². The standard InChI is InChI=1S/C17H17NO5S/c1-23-16(20)17(8-10-18-9-4-7-14(17)18)15(19)12-5-3-6-13(11-12)24(2,21)22/h3-7,9,11H,8,10H2,1-2H3. The number of rotatable bonds is 4. The molecule has 1 unspecified atom stereocenters. The van der Waals surface area contributed by atoms with Crippen LogP contribution in [0.5, 0.6) is 0 Å². The number of methoxy groups -OCH3 is 1. The van der Waals surface area contributed by atoms with E-state index in [9.17, 15) is 18.0 Å². The van der Waals surface area contributed by atoms with Crippen LogP contribution in [-0.2, 0) is 31.3 Å². The molecule has 126 valence electrons. The minimum atomic E-state index is -3.45. The molecule has 0 N–H and O–H groups in total. The van der Waals surface area contributed by atoms with Gasteiger partial charge in [-0.25, -0.2) is 8.42 Å². The normalized spacial score (nSPS) is 19.8. The lowest BCUT2D eigenvalue weighted by Crippen LogP contribution is -2.43. The Hall–Kier alpha value is -2.41. The van der Waals surface area contributed by atoms with Gasteiger partial charge in [-0.05, 0) is 30.7 Å². The number of carbonyl (C=O) groups excluding carboxylic acids is 2. The highest BCUT2D eigenvalue weighted by atomic mass is 32.2. The summed E-state index contributed by atoms with van der Waals surface area (Å²) in [5.74, 6) is -1.08. The fourth-order valence-corrected chi connectivity index (χ4v) is 3.90. The summed E-state index contributed by atoms with van der Waals surface area (Å²) in [6.45, 7) is 0.523. The molecule has 2 heterocycles. The average molecular weight is 347 g/mol. The summed E-state index contributed by atoms with van der Waals surface area (Å²) in [4.78, 5) is 25.8. The summed E-state index contributed by atoms with van der Waals surface area (Å²) in [6.07, 6.45) is 3.17. The van der Waals surface area contributed by atoms with Gasteiger partial charge >= 0.3 is 5.97 Å². The van der Waals surface area contributed by atoms with E-state index in [-0.39, 0.29) is 16.9 Å². The zero-order valence-corrected chi connectivity index (χ0v) is 14.2. The summed E-state index contributed by atoms with van der Waals surface area (Å²) >= 11 is 0. The second-order valence-corrected chi connectivity index (χ2v) is 7.88. The van der Waals surface area contributed by atoms with Gasteiger partial charge < -0.3 is 9.30 Å². The minimum absolute atomic E-state index is 0.0433. The number of aryl methyl sites for hydroxylation is 1. The van der Waals surface area contributed by atoms with E-state index in [1.54, 1.807) is 18.3 Å². The fraction of sp³-hybridized carbons (Fsp3) is 0.294. The van der Waals surface area contributed by atoms with Crippen molar-refractivity contribution in [1.82, 2.24) is 4.57 Å². The number of sulfone groups is 1. The minimum Gasteiger partial charge on any atom is -0.468 e. The second-order valence-electron chi connectivity index (χ2n) is 5.86. The highest BCUT2D eigenvalue weighted by Crippen LogP contribution is 2.39. The molecule has 1 aromatic heterocycles. The number of benzene rings is 1. The summed E-state index contributed by atoms with van der Waals surface area (Å²) < 4.78 is 30.3. The first-order valence-electron chi connectivity index (χ1n) is 7.39. The lowest BCUT2D eigenvalue weighted by molar-refractivity contribution is -0.145. The van der Waals surface area contributed by atoms with Crippen molar-refractivity contribution in [1.29, 1.82) is 0 Å². The van der Waals surface area contributed by atoms with Gasteiger partial charge in [0, 0.05) is 30.3 Å². The van der Waals surface area contributed by atoms with Crippen LogP contribution in [0.1, 0.15) is 22.5 Å². The van der Waals surface area contributed by atoms with Crippen LogP contribution in [0.25, 0.3) is 0 Å². The van der Waals surface area contributed by atoms with E-state index < -0.39 is 27.0 Å². The SMILES string of the molecule is COC(=O)C1(C(=O)c2cccc(S(C)(=O)=O)c2)CCn2cccc21. The van der Waals surface area contributed by atoms with Crippen molar-refractivity contribution >= 4 is 21.6 Å². The molecular weight excluding hydrogens is 330 g/mol. The quantitative estimate of drug-likeness (QED) is 0.476. The van der Waals surface area contributed by atoms with E-state index in [4.69, 9.17) is 4.74 Å². The lowest BCUT2D eigenvalue weighted by Gasteiger charge is -2.24. The van der Waals surface area contributed by atoms with Crippen LogP contribution < -0.4 is 0 Å². The fourth-order valence-electron chi connectivity index (χ4n) is 3.23. The third-order valence-corrected chi connectivity index (χ3v) is 5.55. The molecule has 0 saturated heterocycles. The topological polar surface area (TPSA) is 82.4 Å². The number of Topliss-reactive ketones (excluding diaryl/α,β-unsaturated/α-hetero) is 1. The molecule has 1 aliphatic heterocycles. The van der Waals surface area contributed by atoms with Gasteiger partial charge in [0.25, 0.3) is 0 Å². The highest BCUT2D eigenvalue weighted by Gasteiger charge is 2.53. The van der Waals surface area contributed by atoms with Crippen molar-refractivity contribution in [3.63, 3.8) is 0 Å². The zero-order chi connectivity index (χ0) is 17.5. The Labute approximate surface area is 140 Å². The van der Waals surface area contributed by atoms with Crippen LogP contribution >= 0.6 is 0 Å².